The van der Waals surface area contributed by atoms with Gasteiger partial charge in [-0.2, -0.15) is 0 Å². The number of carbonyl (C=O) groups is 1. The average Bonchev–Trinajstić information content (AvgIpc) is 3.19. The highest BCUT2D eigenvalue weighted by Crippen LogP contribution is 2.50. The summed E-state index contributed by atoms with van der Waals surface area (Å²) < 4.78 is 0. The number of likely N-dealkylation sites (N-methyl/N-ethyl adjacent to an activating group) is 1. The van der Waals surface area contributed by atoms with Gasteiger partial charge < -0.3 is 21.3 Å². The molecular formula is C14H24N4OS. The standard InChI is InChI=1S/C14H24N4OS/c1-8(18(3)4)7-17-14-10(9-5-6-9)11(15)12(20-14)13(19)16-2/h8-9,17H,5-7,15H2,1-4H3,(H,16,19). The first kappa shape index (κ1) is 15.1. The first-order chi connectivity index (χ1) is 9.45. The second kappa shape index (κ2) is 6.01. The van der Waals surface area contributed by atoms with Crippen LogP contribution in [0, 0.1) is 0 Å². The Bertz CT molecular complexity index is 494. The topological polar surface area (TPSA) is 70.4 Å². The Kier molecular flexibility index (Phi) is 4.55. The molecule has 6 heteroatoms. The number of anilines is 2. The zero-order valence-electron chi connectivity index (χ0n) is 12.6. The van der Waals surface area contributed by atoms with Gasteiger partial charge in [0, 0.05) is 25.2 Å². The van der Waals surface area contributed by atoms with Gasteiger partial charge >= 0.3 is 0 Å². The third-order valence-corrected chi connectivity index (χ3v) is 5.02. The van der Waals surface area contributed by atoms with Crippen molar-refractivity contribution in [2.75, 3.05) is 38.7 Å². The van der Waals surface area contributed by atoms with E-state index in [1.165, 1.54) is 24.2 Å². The number of amides is 1. The van der Waals surface area contributed by atoms with E-state index in [0.29, 0.717) is 22.5 Å². The minimum absolute atomic E-state index is 0.0943. The Labute approximate surface area is 124 Å². The minimum atomic E-state index is -0.0943. The molecule has 4 N–H and O–H groups in total. The molecule has 0 spiro atoms. The quantitative estimate of drug-likeness (QED) is 0.750. The molecule has 0 aliphatic heterocycles. The second-order valence-electron chi connectivity index (χ2n) is 5.63. The molecule has 112 valence electrons. The number of nitrogens with two attached hydrogens (primary N) is 1. The number of hydrogen-bond donors (Lipinski definition) is 3. The van der Waals surface area contributed by atoms with Crippen LogP contribution in [-0.2, 0) is 0 Å². The van der Waals surface area contributed by atoms with Gasteiger partial charge in [0.15, 0.2) is 0 Å². The van der Waals surface area contributed by atoms with Crippen LogP contribution >= 0.6 is 11.3 Å². The summed E-state index contributed by atoms with van der Waals surface area (Å²) in [6, 6.07) is 0.425. The van der Waals surface area contributed by atoms with Crippen LogP contribution in [0.25, 0.3) is 0 Å². The van der Waals surface area contributed by atoms with Gasteiger partial charge in [0.1, 0.15) is 4.88 Å². The summed E-state index contributed by atoms with van der Waals surface area (Å²) >= 11 is 1.47. The van der Waals surface area contributed by atoms with Gasteiger partial charge in [-0.1, -0.05) is 0 Å². The Morgan fingerprint density at radius 2 is 2.15 bits per heavy atom. The number of nitrogens with zero attached hydrogens (tertiary/aromatic N) is 1. The lowest BCUT2D eigenvalue weighted by atomic mass is 10.1. The van der Waals surface area contributed by atoms with E-state index in [-0.39, 0.29) is 5.91 Å². The molecule has 1 saturated carbocycles. The second-order valence-corrected chi connectivity index (χ2v) is 6.66. The van der Waals surface area contributed by atoms with E-state index in [0.717, 1.165) is 17.1 Å². The van der Waals surface area contributed by atoms with Crippen molar-refractivity contribution in [2.24, 2.45) is 0 Å². The zero-order chi connectivity index (χ0) is 14.9. The molecule has 1 aromatic heterocycles. The molecule has 1 fully saturated rings. The van der Waals surface area contributed by atoms with Crippen molar-refractivity contribution in [3.05, 3.63) is 10.4 Å². The number of nitrogen functional groups attached to an aromatic ring is 1. The largest absolute Gasteiger partial charge is 0.397 e. The molecule has 0 saturated heterocycles. The van der Waals surface area contributed by atoms with Crippen LogP contribution in [0.2, 0.25) is 0 Å². The van der Waals surface area contributed by atoms with Gasteiger partial charge in [0.25, 0.3) is 5.91 Å². The highest BCUT2D eigenvalue weighted by Gasteiger charge is 2.32. The van der Waals surface area contributed by atoms with Crippen molar-refractivity contribution < 1.29 is 4.79 Å². The Hall–Kier alpha value is -1.27. The van der Waals surface area contributed by atoms with Gasteiger partial charge in [0.2, 0.25) is 0 Å². The van der Waals surface area contributed by atoms with Crippen molar-refractivity contribution in [1.29, 1.82) is 0 Å². The summed E-state index contributed by atoms with van der Waals surface area (Å²) in [7, 11) is 5.76. The lowest BCUT2D eigenvalue weighted by Crippen LogP contribution is -2.31. The van der Waals surface area contributed by atoms with Gasteiger partial charge in [-0.3, -0.25) is 4.79 Å². The van der Waals surface area contributed by atoms with E-state index in [1.807, 2.05) is 0 Å². The molecule has 1 unspecified atom stereocenters. The van der Waals surface area contributed by atoms with Crippen molar-refractivity contribution >= 4 is 27.9 Å². The van der Waals surface area contributed by atoms with E-state index in [9.17, 15) is 4.79 Å². The highest BCUT2D eigenvalue weighted by molar-refractivity contribution is 7.18. The van der Waals surface area contributed by atoms with Crippen molar-refractivity contribution in [3.63, 3.8) is 0 Å². The number of hydrogen-bond acceptors (Lipinski definition) is 5. The molecule has 20 heavy (non-hydrogen) atoms. The maximum Gasteiger partial charge on any atom is 0.263 e. The molecule has 1 atom stereocenters. The summed E-state index contributed by atoms with van der Waals surface area (Å²) in [5.41, 5.74) is 8.00. The number of nitrogens with one attached hydrogen (secondary N) is 2. The maximum absolute atomic E-state index is 11.9. The molecule has 5 nitrogen and oxygen atoms in total. The Morgan fingerprint density at radius 1 is 1.50 bits per heavy atom. The maximum atomic E-state index is 11.9. The van der Waals surface area contributed by atoms with Crippen LogP contribution in [0.4, 0.5) is 10.7 Å². The van der Waals surface area contributed by atoms with Gasteiger partial charge in [0.05, 0.1) is 10.7 Å². The fourth-order valence-corrected chi connectivity index (χ4v) is 3.23. The first-order valence-electron chi connectivity index (χ1n) is 7.00. The van der Waals surface area contributed by atoms with Crippen LogP contribution in [0.3, 0.4) is 0 Å². The van der Waals surface area contributed by atoms with E-state index < -0.39 is 0 Å². The molecule has 1 aliphatic carbocycles. The van der Waals surface area contributed by atoms with Crippen LogP contribution in [-0.4, -0.2) is 44.5 Å². The average molecular weight is 296 g/mol. The Balaban J connectivity index is 2.20. The van der Waals surface area contributed by atoms with Crippen molar-refractivity contribution in [3.8, 4) is 0 Å². The van der Waals surface area contributed by atoms with Crippen LogP contribution < -0.4 is 16.4 Å². The Morgan fingerprint density at radius 3 is 2.65 bits per heavy atom. The molecule has 2 rings (SSSR count). The lowest BCUT2D eigenvalue weighted by Gasteiger charge is -2.20. The monoisotopic (exact) mass is 296 g/mol. The third-order valence-electron chi connectivity index (χ3n) is 3.84. The molecule has 1 amide bonds. The fourth-order valence-electron chi connectivity index (χ4n) is 2.07. The fraction of sp³-hybridized carbons (Fsp3) is 0.643. The van der Waals surface area contributed by atoms with Crippen molar-refractivity contribution in [2.45, 2.75) is 31.7 Å². The van der Waals surface area contributed by atoms with Crippen LogP contribution in [0.1, 0.15) is 40.9 Å². The number of carbonyl (C=O) groups excluding carboxylic acids is 1. The van der Waals surface area contributed by atoms with E-state index in [2.05, 4.69) is 36.6 Å². The minimum Gasteiger partial charge on any atom is -0.397 e. The van der Waals surface area contributed by atoms with E-state index in [4.69, 9.17) is 5.73 Å². The molecule has 1 aliphatic rings. The predicted octanol–water partition coefficient (Wildman–Crippen LogP) is 1.93. The molecular weight excluding hydrogens is 272 g/mol. The van der Waals surface area contributed by atoms with Crippen LogP contribution in [0.5, 0.6) is 0 Å². The van der Waals surface area contributed by atoms with Crippen molar-refractivity contribution in [1.82, 2.24) is 10.2 Å². The molecule has 1 aromatic rings. The van der Waals surface area contributed by atoms with Gasteiger partial charge in [-0.05, 0) is 39.8 Å². The van der Waals surface area contributed by atoms with Gasteiger partial charge in [-0.15, -0.1) is 11.3 Å². The zero-order valence-corrected chi connectivity index (χ0v) is 13.4. The lowest BCUT2D eigenvalue weighted by molar-refractivity contribution is 0.0968. The molecule has 0 bridgehead atoms. The first-order valence-corrected chi connectivity index (χ1v) is 7.81. The smallest absolute Gasteiger partial charge is 0.263 e. The predicted molar refractivity (Wildman–Crippen MR) is 85.7 cm³/mol. The molecule has 0 radical (unpaired) electrons. The summed E-state index contributed by atoms with van der Waals surface area (Å²) in [4.78, 5) is 14.7. The van der Waals surface area contributed by atoms with E-state index >= 15 is 0 Å². The SMILES string of the molecule is CNC(=O)c1sc(NCC(C)N(C)C)c(C2CC2)c1N. The summed E-state index contributed by atoms with van der Waals surface area (Å²) in [6.07, 6.45) is 2.35. The highest BCUT2D eigenvalue weighted by atomic mass is 32.1. The van der Waals surface area contributed by atoms with Crippen LogP contribution in [0.15, 0.2) is 0 Å². The number of thiophene rings is 1. The third kappa shape index (κ3) is 3.07. The molecule has 1 heterocycles. The van der Waals surface area contributed by atoms with Gasteiger partial charge in [-0.25, -0.2) is 0 Å². The van der Waals surface area contributed by atoms with E-state index in [1.54, 1.807) is 7.05 Å². The normalized spacial score (nSPS) is 16.2. The summed E-state index contributed by atoms with van der Waals surface area (Å²) in [6.45, 7) is 3.01. The number of rotatable bonds is 6. The molecule has 0 aromatic carbocycles. The summed E-state index contributed by atoms with van der Waals surface area (Å²) in [5, 5.41) is 7.20. The summed E-state index contributed by atoms with van der Waals surface area (Å²) in [5.74, 6) is 0.435.